The zero-order chi connectivity index (χ0) is 10.8. The van der Waals surface area contributed by atoms with Crippen LogP contribution in [0.2, 0.25) is 0 Å². The first-order valence-corrected chi connectivity index (χ1v) is 4.99. The van der Waals surface area contributed by atoms with Gasteiger partial charge >= 0.3 is 0 Å². The van der Waals surface area contributed by atoms with Crippen molar-refractivity contribution in [3.63, 3.8) is 0 Å². The minimum absolute atomic E-state index is 0.0198. The van der Waals surface area contributed by atoms with E-state index in [0.29, 0.717) is 6.54 Å². The molecule has 0 bridgehead atoms. The van der Waals surface area contributed by atoms with Gasteiger partial charge in [-0.15, -0.1) is 0 Å². The SMILES string of the molecule is CC1NC(c2cccc(O)c2)CNC1=O. The van der Waals surface area contributed by atoms with Crippen LogP contribution in [0.3, 0.4) is 0 Å². The Hall–Kier alpha value is -1.55. The molecule has 80 valence electrons. The third-order valence-corrected chi connectivity index (χ3v) is 2.60. The predicted octanol–water partition coefficient (Wildman–Crippen LogP) is 0.541. The van der Waals surface area contributed by atoms with Crippen LogP contribution in [0.15, 0.2) is 24.3 Å². The van der Waals surface area contributed by atoms with E-state index in [-0.39, 0.29) is 23.7 Å². The first-order chi connectivity index (χ1) is 7.16. The molecule has 1 aliphatic rings. The Kier molecular flexibility index (Phi) is 2.60. The van der Waals surface area contributed by atoms with Crippen molar-refractivity contribution in [1.29, 1.82) is 0 Å². The zero-order valence-electron chi connectivity index (χ0n) is 8.53. The molecule has 0 aliphatic carbocycles. The summed E-state index contributed by atoms with van der Waals surface area (Å²) in [7, 11) is 0. The molecule has 1 fully saturated rings. The number of rotatable bonds is 1. The van der Waals surface area contributed by atoms with Crippen LogP contribution < -0.4 is 10.6 Å². The van der Waals surface area contributed by atoms with Gasteiger partial charge in [-0.3, -0.25) is 10.1 Å². The summed E-state index contributed by atoms with van der Waals surface area (Å²) in [6.07, 6.45) is 0. The molecule has 0 saturated carbocycles. The summed E-state index contributed by atoms with van der Waals surface area (Å²) < 4.78 is 0. The molecule has 1 aromatic carbocycles. The van der Waals surface area contributed by atoms with Crippen LogP contribution in [0.1, 0.15) is 18.5 Å². The fourth-order valence-electron chi connectivity index (χ4n) is 1.75. The van der Waals surface area contributed by atoms with E-state index in [9.17, 15) is 9.90 Å². The van der Waals surface area contributed by atoms with Gasteiger partial charge in [-0.05, 0) is 24.6 Å². The molecule has 1 amide bonds. The largest absolute Gasteiger partial charge is 0.508 e. The van der Waals surface area contributed by atoms with Crippen molar-refractivity contribution in [1.82, 2.24) is 10.6 Å². The van der Waals surface area contributed by atoms with Gasteiger partial charge in [0.05, 0.1) is 12.1 Å². The summed E-state index contributed by atoms with van der Waals surface area (Å²) in [6.45, 7) is 2.39. The number of phenols is 1. The molecule has 15 heavy (non-hydrogen) atoms. The van der Waals surface area contributed by atoms with E-state index in [2.05, 4.69) is 10.6 Å². The van der Waals surface area contributed by atoms with Crippen LogP contribution in [0.5, 0.6) is 5.75 Å². The molecule has 4 heteroatoms. The minimum atomic E-state index is -0.189. The van der Waals surface area contributed by atoms with Crippen LogP contribution >= 0.6 is 0 Å². The van der Waals surface area contributed by atoms with Gasteiger partial charge in [0.25, 0.3) is 0 Å². The number of aromatic hydroxyl groups is 1. The quantitative estimate of drug-likeness (QED) is 0.628. The number of hydrogen-bond donors (Lipinski definition) is 3. The highest BCUT2D eigenvalue weighted by molar-refractivity contribution is 5.82. The number of nitrogens with one attached hydrogen (secondary N) is 2. The molecule has 0 spiro atoms. The van der Waals surface area contributed by atoms with E-state index < -0.39 is 0 Å². The number of carbonyl (C=O) groups is 1. The van der Waals surface area contributed by atoms with Crippen LogP contribution in [0, 0.1) is 0 Å². The fourth-order valence-corrected chi connectivity index (χ4v) is 1.75. The number of hydrogen-bond acceptors (Lipinski definition) is 3. The van der Waals surface area contributed by atoms with E-state index in [1.807, 2.05) is 13.0 Å². The van der Waals surface area contributed by atoms with Crippen molar-refractivity contribution < 1.29 is 9.90 Å². The Balaban J connectivity index is 2.15. The average molecular weight is 206 g/mol. The topological polar surface area (TPSA) is 61.4 Å². The van der Waals surface area contributed by atoms with Gasteiger partial charge in [0.1, 0.15) is 5.75 Å². The second kappa shape index (κ2) is 3.90. The maximum Gasteiger partial charge on any atom is 0.236 e. The highest BCUT2D eigenvalue weighted by Crippen LogP contribution is 2.19. The lowest BCUT2D eigenvalue weighted by Crippen LogP contribution is -2.52. The summed E-state index contributed by atoms with van der Waals surface area (Å²) in [5.41, 5.74) is 0.988. The van der Waals surface area contributed by atoms with Crippen LogP contribution in [-0.2, 0) is 4.79 Å². The number of benzene rings is 1. The Morgan fingerprint density at radius 3 is 2.93 bits per heavy atom. The van der Waals surface area contributed by atoms with Crippen molar-refractivity contribution in [3.05, 3.63) is 29.8 Å². The van der Waals surface area contributed by atoms with Crippen LogP contribution in [0.25, 0.3) is 0 Å². The van der Waals surface area contributed by atoms with E-state index in [1.165, 1.54) is 0 Å². The van der Waals surface area contributed by atoms with E-state index in [1.54, 1.807) is 18.2 Å². The normalized spacial score (nSPS) is 26.1. The van der Waals surface area contributed by atoms with Crippen molar-refractivity contribution in [2.24, 2.45) is 0 Å². The van der Waals surface area contributed by atoms with E-state index in [4.69, 9.17) is 0 Å². The molecule has 2 unspecified atom stereocenters. The lowest BCUT2D eigenvalue weighted by molar-refractivity contribution is -0.124. The molecular weight excluding hydrogens is 192 g/mol. The standard InChI is InChI=1S/C11H14N2O2/c1-7-11(15)12-6-10(13-7)8-3-2-4-9(14)5-8/h2-5,7,10,13-14H,6H2,1H3,(H,12,15). The zero-order valence-corrected chi connectivity index (χ0v) is 8.53. The molecule has 2 rings (SSSR count). The molecule has 2 atom stereocenters. The molecule has 1 aliphatic heterocycles. The van der Waals surface area contributed by atoms with E-state index in [0.717, 1.165) is 5.56 Å². The number of phenolic OH excluding ortho intramolecular Hbond substituents is 1. The highest BCUT2D eigenvalue weighted by atomic mass is 16.3. The summed E-state index contributed by atoms with van der Waals surface area (Å²) in [4.78, 5) is 11.2. The monoisotopic (exact) mass is 206 g/mol. The van der Waals surface area contributed by atoms with Crippen LogP contribution in [-0.4, -0.2) is 23.6 Å². The van der Waals surface area contributed by atoms with Gasteiger partial charge in [0.2, 0.25) is 5.91 Å². The first-order valence-electron chi connectivity index (χ1n) is 4.99. The fraction of sp³-hybridized carbons (Fsp3) is 0.364. The third kappa shape index (κ3) is 2.10. The number of piperazine rings is 1. The minimum Gasteiger partial charge on any atom is -0.508 e. The Labute approximate surface area is 88.3 Å². The summed E-state index contributed by atoms with van der Waals surface area (Å²) in [5.74, 6) is 0.269. The lowest BCUT2D eigenvalue weighted by Gasteiger charge is -2.29. The molecule has 1 saturated heterocycles. The van der Waals surface area contributed by atoms with Crippen molar-refractivity contribution >= 4 is 5.91 Å². The maximum absolute atomic E-state index is 11.2. The summed E-state index contributed by atoms with van der Waals surface area (Å²) >= 11 is 0. The second-order valence-electron chi connectivity index (χ2n) is 3.78. The molecule has 1 heterocycles. The van der Waals surface area contributed by atoms with Gasteiger partial charge in [0.15, 0.2) is 0 Å². The van der Waals surface area contributed by atoms with Crippen LogP contribution in [0.4, 0.5) is 0 Å². The Morgan fingerprint density at radius 1 is 1.47 bits per heavy atom. The summed E-state index contributed by atoms with van der Waals surface area (Å²) in [6, 6.07) is 6.96. The molecule has 4 nitrogen and oxygen atoms in total. The van der Waals surface area contributed by atoms with Gasteiger partial charge in [-0.1, -0.05) is 12.1 Å². The van der Waals surface area contributed by atoms with Gasteiger partial charge in [0, 0.05) is 6.54 Å². The van der Waals surface area contributed by atoms with Crippen molar-refractivity contribution in [2.75, 3.05) is 6.54 Å². The number of carbonyl (C=O) groups excluding carboxylic acids is 1. The van der Waals surface area contributed by atoms with Gasteiger partial charge < -0.3 is 10.4 Å². The highest BCUT2D eigenvalue weighted by Gasteiger charge is 2.24. The Morgan fingerprint density at radius 2 is 2.27 bits per heavy atom. The van der Waals surface area contributed by atoms with Crippen molar-refractivity contribution in [3.8, 4) is 5.75 Å². The molecular formula is C11H14N2O2. The smallest absolute Gasteiger partial charge is 0.236 e. The van der Waals surface area contributed by atoms with E-state index >= 15 is 0 Å². The molecule has 3 N–H and O–H groups in total. The Bertz CT molecular complexity index is 379. The van der Waals surface area contributed by atoms with Gasteiger partial charge in [-0.25, -0.2) is 0 Å². The summed E-state index contributed by atoms with van der Waals surface area (Å²) in [5, 5.41) is 15.3. The van der Waals surface area contributed by atoms with Crippen molar-refractivity contribution in [2.45, 2.75) is 19.0 Å². The molecule has 0 aromatic heterocycles. The predicted molar refractivity (Wildman–Crippen MR) is 56.5 cm³/mol. The second-order valence-corrected chi connectivity index (χ2v) is 3.78. The maximum atomic E-state index is 11.2. The third-order valence-electron chi connectivity index (χ3n) is 2.60. The first kappa shape index (κ1) is 9.98. The molecule has 0 radical (unpaired) electrons. The van der Waals surface area contributed by atoms with Gasteiger partial charge in [-0.2, -0.15) is 0 Å². The number of amides is 1. The molecule has 1 aromatic rings. The lowest BCUT2D eigenvalue weighted by atomic mass is 10.0. The average Bonchev–Trinajstić information content (AvgIpc) is 2.22.